The molecule has 1 saturated heterocycles. The van der Waals surface area contributed by atoms with Gasteiger partial charge in [0, 0.05) is 62.2 Å². The Kier molecular flexibility index (Phi) is 7.14. The van der Waals surface area contributed by atoms with Gasteiger partial charge < -0.3 is 10.2 Å². The molecule has 3 aromatic rings. The highest BCUT2D eigenvalue weighted by Crippen LogP contribution is 2.24. The topological polar surface area (TPSA) is 53.4 Å². The molecule has 0 radical (unpaired) electrons. The number of amides is 1. The van der Waals surface area contributed by atoms with Gasteiger partial charge in [0.25, 0.3) is 0 Å². The second-order valence-corrected chi connectivity index (χ2v) is 8.35. The Morgan fingerprint density at radius 3 is 2.38 bits per heavy atom. The average Bonchev–Trinajstić information content (AvgIpc) is 3.27. The van der Waals surface area contributed by atoms with E-state index in [1.807, 2.05) is 77.6 Å². The first kappa shape index (κ1) is 22.0. The Balaban J connectivity index is 1.45. The van der Waals surface area contributed by atoms with Crippen LogP contribution in [0.1, 0.15) is 12.5 Å². The highest BCUT2D eigenvalue weighted by Gasteiger charge is 2.19. The lowest BCUT2D eigenvalue weighted by molar-refractivity contribution is -0.116. The Morgan fingerprint density at radius 1 is 1.03 bits per heavy atom. The Hall–Kier alpha value is -3.22. The molecule has 1 aliphatic rings. The molecule has 6 heteroatoms. The van der Waals surface area contributed by atoms with Crippen molar-refractivity contribution in [3.63, 3.8) is 0 Å². The van der Waals surface area contributed by atoms with Gasteiger partial charge >= 0.3 is 0 Å². The van der Waals surface area contributed by atoms with E-state index in [1.165, 1.54) is 0 Å². The number of rotatable bonds is 7. The Labute approximate surface area is 190 Å². The summed E-state index contributed by atoms with van der Waals surface area (Å²) in [5.74, 6) is -0.0857. The van der Waals surface area contributed by atoms with Crippen LogP contribution in [0.2, 0.25) is 0 Å². The number of para-hydroxylation sites is 1. The Morgan fingerprint density at radius 2 is 1.69 bits per heavy atom. The molecule has 4 rings (SSSR count). The van der Waals surface area contributed by atoms with Crippen LogP contribution in [0.15, 0.2) is 72.9 Å². The van der Waals surface area contributed by atoms with E-state index in [9.17, 15) is 4.79 Å². The van der Waals surface area contributed by atoms with Gasteiger partial charge in [-0.3, -0.25) is 9.69 Å². The predicted molar refractivity (Wildman–Crippen MR) is 130 cm³/mol. The summed E-state index contributed by atoms with van der Waals surface area (Å²) in [6, 6.07) is 20.4. The summed E-state index contributed by atoms with van der Waals surface area (Å²) in [6.07, 6.45) is 5.43. The van der Waals surface area contributed by atoms with Crippen LogP contribution in [0.4, 0.5) is 0 Å². The molecule has 1 aliphatic heterocycles. The summed E-state index contributed by atoms with van der Waals surface area (Å²) in [5.41, 5.74) is 3.76. The molecule has 166 valence electrons. The van der Waals surface area contributed by atoms with E-state index in [-0.39, 0.29) is 5.91 Å². The van der Waals surface area contributed by atoms with E-state index in [0.717, 1.165) is 48.7 Å². The van der Waals surface area contributed by atoms with Crippen LogP contribution in [0, 0.1) is 0 Å². The molecular formula is C26H31N5O. The second kappa shape index (κ2) is 10.4. The molecule has 0 aliphatic carbocycles. The molecule has 1 aromatic heterocycles. The van der Waals surface area contributed by atoms with Crippen molar-refractivity contribution in [3.05, 3.63) is 78.5 Å². The minimum absolute atomic E-state index is 0.0857. The van der Waals surface area contributed by atoms with Crippen LogP contribution in [0.3, 0.4) is 0 Å². The van der Waals surface area contributed by atoms with Crippen molar-refractivity contribution in [3.8, 4) is 16.9 Å². The lowest BCUT2D eigenvalue weighted by atomic mass is 10.1. The summed E-state index contributed by atoms with van der Waals surface area (Å²) in [6.45, 7) is 7.05. The SMILES string of the molecule is CC(CNC(=O)/C=C/c1cn(-c2ccccc2)nc1-c1ccccc1)N1CCN(C)CC1. The summed E-state index contributed by atoms with van der Waals surface area (Å²) in [5, 5.41) is 7.84. The van der Waals surface area contributed by atoms with Crippen LogP contribution in [0.5, 0.6) is 0 Å². The van der Waals surface area contributed by atoms with Crippen molar-refractivity contribution in [2.45, 2.75) is 13.0 Å². The van der Waals surface area contributed by atoms with E-state index in [1.54, 1.807) is 6.08 Å². The number of nitrogens with one attached hydrogen (secondary N) is 1. The van der Waals surface area contributed by atoms with Crippen LogP contribution < -0.4 is 5.32 Å². The van der Waals surface area contributed by atoms with Crippen LogP contribution >= 0.6 is 0 Å². The molecule has 1 atom stereocenters. The van der Waals surface area contributed by atoms with Crippen molar-refractivity contribution in [2.24, 2.45) is 0 Å². The molecule has 0 bridgehead atoms. The lowest BCUT2D eigenvalue weighted by Gasteiger charge is -2.36. The fraction of sp³-hybridized carbons (Fsp3) is 0.308. The standard InChI is InChI=1S/C26H31N5O/c1-21(30-17-15-29(2)16-18-30)19-27-25(32)14-13-23-20-31(24-11-7-4-8-12-24)28-26(23)22-9-5-3-6-10-22/h3-14,20-21H,15-19H2,1-2H3,(H,27,32)/b14-13+. The molecule has 1 unspecified atom stereocenters. The minimum Gasteiger partial charge on any atom is -0.351 e. The zero-order valence-corrected chi connectivity index (χ0v) is 18.8. The number of likely N-dealkylation sites (N-methyl/N-ethyl adjacent to an activating group) is 1. The molecule has 1 fully saturated rings. The molecule has 6 nitrogen and oxygen atoms in total. The largest absolute Gasteiger partial charge is 0.351 e. The third kappa shape index (κ3) is 5.52. The van der Waals surface area contributed by atoms with Gasteiger partial charge in [0.15, 0.2) is 0 Å². The van der Waals surface area contributed by atoms with E-state index >= 15 is 0 Å². The summed E-state index contributed by atoms with van der Waals surface area (Å²) in [4.78, 5) is 17.3. The van der Waals surface area contributed by atoms with Crippen molar-refractivity contribution in [1.29, 1.82) is 0 Å². The number of hydrogen-bond acceptors (Lipinski definition) is 4. The van der Waals surface area contributed by atoms with Crippen molar-refractivity contribution in [2.75, 3.05) is 39.8 Å². The van der Waals surface area contributed by atoms with Gasteiger partial charge in [0.05, 0.1) is 11.4 Å². The first-order valence-corrected chi connectivity index (χ1v) is 11.2. The van der Waals surface area contributed by atoms with Crippen LogP contribution in [0.25, 0.3) is 23.0 Å². The quantitative estimate of drug-likeness (QED) is 0.586. The number of aromatic nitrogens is 2. The maximum absolute atomic E-state index is 12.5. The van der Waals surface area contributed by atoms with E-state index in [4.69, 9.17) is 5.10 Å². The predicted octanol–water partition coefficient (Wildman–Crippen LogP) is 3.30. The van der Waals surface area contributed by atoms with Crippen LogP contribution in [-0.2, 0) is 4.79 Å². The first-order chi connectivity index (χ1) is 15.6. The van der Waals surface area contributed by atoms with E-state index in [2.05, 4.69) is 29.1 Å². The maximum atomic E-state index is 12.5. The summed E-state index contributed by atoms with van der Waals surface area (Å²) >= 11 is 0. The van der Waals surface area contributed by atoms with Crippen molar-refractivity contribution in [1.82, 2.24) is 24.9 Å². The monoisotopic (exact) mass is 429 g/mol. The summed E-state index contributed by atoms with van der Waals surface area (Å²) < 4.78 is 1.86. The molecule has 0 spiro atoms. The molecular weight excluding hydrogens is 398 g/mol. The van der Waals surface area contributed by atoms with Gasteiger partial charge in [0.2, 0.25) is 5.91 Å². The molecule has 0 saturated carbocycles. The molecule has 1 amide bonds. The fourth-order valence-corrected chi connectivity index (χ4v) is 3.91. The number of carbonyl (C=O) groups is 1. The number of piperazine rings is 1. The number of carbonyl (C=O) groups excluding carboxylic acids is 1. The molecule has 2 aromatic carbocycles. The van der Waals surface area contributed by atoms with Gasteiger partial charge in [-0.1, -0.05) is 48.5 Å². The van der Waals surface area contributed by atoms with Gasteiger partial charge in [-0.2, -0.15) is 5.10 Å². The van der Waals surface area contributed by atoms with Gasteiger partial charge in [-0.15, -0.1) is 0 Å². The van der Waals surface area contributed by atoms with Gasteiger partial charge in [-0.25, -0.2) is 4.68 Å². The fourth-order valence-electron chi connectivity index (χ4n) is 3.91. The number of nitrogens with zero attached hydrogens (tertiary/aromatic N) is 4. The van der Waals surface area contributed by atoms with Gasteiger partial charge in [-0.05, 0) is 32.2 Å². The number of benzene rings is 2. The van der Waals surface area contributed by atoms with E-state index in [0.29, 0.717) is 12.6 Å². The number of hydrogen-bond donors (Lipinski definition) is 1. The first-order valence-electron chi connectivity index (χ1n) is 11.2. The van der Waals surface area contributed by atoms with Crippen molar-refractivity contribution < 1.29 is 4.79 Å². The third-order valence-corrected chi connectivity index (χ3v) is 5.96. The highest BCUT2D eigenvalue weighted by atomic mass is 16.1. The molecule has 2 heterocycles. The lowest BCUT2D eigenvalue weighted by Crippen LogP contribution is -2.51. The smallest absolute Gasteiger partial charge is 0.244 e. The minimum atomic E-state index is -0.0857. The maximum Gasteiger partial charge on any atom is 0.244 e. The zero-order chi connectivity index (χ0) is 22.3. The average molecular weight is 430 g/mol. The second-order valence-electron chi connectivity index (χ2n) is 8.35. The normalized spacial score (nSPS) is 16.3. The highest BCUT2D eigenvalue weighted by molar-refractivity contribution is 5.92. The third-order valence-electron chi connectivity index (χ3n) is 5.96. The molecule has 32 heavy (non-hydrogen) atoms. The summed E-state index contributed by atoms with van der Waals surface area (Å²) in [7, 11) is 2.15. The molecule has 1 N–H and O–H groups in total. The van der Waals surface area contributed by atoms with E-state index < -0.39 is 0 Å². The van der Waals surface area contributed by atoms with Gasteiger partial charge in [0.1, 0.15) is 0 Å². The zero-order valence-electron chi connectivity index (χ0n) is 18.8. The van der Waals surface area contributed by atoms with Crippen molar-refractivity contribution >= 4 is 12.0 Å². The Bertz CT molecular complexity index is 1040. The van der Waals surface area contributed by atoms with Crippen LogP contribution in [-0.4, -0.2) is 71.3 Å².